The molecule has 1 aromatic heterocycles. The second-order valence-electron chi connectivity index (χ2n) is 5.90. The number of fused-ring (bicyclic) bond motifs is 1. The summed E-state index contributed by atoms with van der Waals surface area (Å²) in [4.78, 5) is 0. The molecule has 2 N–H and O–H groups in total. The molecule has 0 saturated carbocycles. The number of ether oxygens (including phenoxy) is 1. The van der Waals surface area contributed by atoms with E-state index in [1.807, 2.05) is 26.1 Å². The summed E-state index contributed by atoms with van der Waals surface area (Å²) in [5.74, 6) is 1.63. The Balaban J connectivity index is 2.05. The monoisotopic (exact) mass is 328 g/mol. The quantitative estimate of drug-likeness (QED) is 0.751. The molecule has 0 unspecified atom stereocenters. The molecule has 0 aliphatic heterocycles. The van der Waals surface area contributed by atoms with Crippen molar-refractivity contribution in [2.24, 2.45) is 12.8 Å². The Hall–Kier alpha value is -1.97. The van der Waals surface area contributed by atoms with Gasteiger partial charge in [-0.1, -0.05) is 17.7 Å². The van der Waals surface area contributed by atoms with Gasteiger partial charge in [0.25, 0.3) is 0 Å². The van der Waals surface area contributed by atoms with Crippen LogP contribution in [0.15, 0.2) is 36.5 Å². The predicted molar refractivity (Wildman–Crippen MR) is 96.7 cm³/mol. The summed E-state index contributed by atoms with van der Waals surface area (Å²) >= 11 is 6.28. The van der Waals surface area contributed by atoms with Gasteiger partial charge in [-0.25, -0.2) is 0 Å². The highest BCUT2D eigenvalue weighted by atomic mass is 35.5. The molecule has 4 heteroatoms. The first kappa shape index (κ1) is 15.9. The van der Waals surface area contributed by atoms with Crippen LogP contribution in [0.25, 0.3) is 10.9 Å². The zero-order valence-corrected chi connectivity index (χ0v) is 14.4. The number of benzene rings is 2. The number of aryl methyl sites for hydroxylation is 3. The van der Waals surface area contributed by atoms with Crippen molar-refractivity contribution in [2.75, 3.05) is 6.54 Å². The Morgan fingerprint density at radius 1 is 1.13 bits per heavy atom. The highest BCUT2D eigenvalue weighted by molar-refractivity contribution is 6.31. The second-order valence-corrected chi connectivity index (χ2v) is 6.31. The van der Waals surface area contributed by atoms with Gasteiger partial charge >= 0.3 is 0 Å². The average molecular weight is 329 g/mol. The minimum absolute atomic E-state index is 0.578. The molecule has 0 fully saturated rings. The van der Waals surface area contributed by atoms with Crippen LogP contribution in [0.3, 0.4) is 0 Å². The first-order chi connectivity index (χ1) is 11.0. The van der Waals surface area contributed by atoms with Gasteiger partial charge in [-0.3, -0.25) is 0 Å². The molecule has 0 aliphatic carbocycles. The topological polar surface area (TPSA) is 40.2 Å². The first-order valence-corrected chi connectivity index (χ1v) is 8.10. The maximum atomic E-state index is 6.28. The van der Waals surface area contributed by atoms with Crippen LogP contribution in [0.2, 0.25) is 5.02 Å². The molecular weight excluding hydrogens is 308 g/mol. The average Bonchev–Trinajstić information content (AvgIpc) is 2.89. The molecule has 0 radical (unpaired) electrons. The largest absolute Gasteiger partial charge is 0.457 e. The van der Waals surface area contributed by atoms with Crippen LogP contribution in [-0.2, 0) is 13.5 Å². The van der Waals surface area contributed by atoms with E-state index < -0.39 is 0 Å². The summed E-state index contributed by atoms with van der Waals surface area (Å²) < 4.78 is 8.30. The fraction of sp³-hybridized carbons (Fsp3) is 0.263. The summed E-state index contributed by atoms with van der Waals surface area (Å²) in [5, 5.41) is 1.91. The van der Waals surface area contributed by atoms with Gasteiger partial charge in [0.05, 0.1) is 0 Å². The van der Waals surface area contributed by atoms with E-state index in [9.17, 15) is 0 Å². The van der Waals surface area contributed by atoms with Gasteiger partial charge < -0.3 is 15.0 Å². The molecule has 120 valence electrons. The molecule has 0 atom stereocenters. The normalized spacial score (nSPS) is 11.2. The number of hydrogen-bond acceptors (Lipinski definition) is 2. The van der Waals surface area contributed by atoms with Crippen LogP contribution in [0, 0.1) is 13.8 Å². The van der Waals surface area contributed by atoms with Gasteiger partial charge in [-0.2, -0.15) is 0 Å². The van der Waals surface area contributed by atoms with E-state index in [0.717, 1.165) is 34.6 Å². The Bertz CT molecular complexity index is 867. The van der Waals surface area contributed by atoms with E-state index in [0.29, 0.717) is 11.6 Å². The van der Waals surface area contributed by atoms with E-state index in [1.165, 1.54) is 10.9 Å². The highest BCUT2D eigenvalue weighted by Crippen LogP contribution is 2.35. The number of rotatable bonds is 4. The zero-order valence-electron chi connectivity index (χ0n) is 13.7. The second kappa shape index (κ2) is 6.26. The first-order valence-electron chi connectivity index (χ1n) is 7.73. The van der Waals surface area contributed by atoms with Gasteiger partial charge in [-0.05, 0) is 62.2 Å². The van der Waals surface area contributed by atoms with Crippen molar-refractivity contribution in [1.82, 2.24) is 4.57 Å². The third kappa shape index (κ3) is 2.94. The van der Waals surface area contributed by atoms with Crippen LogP contribution in [0.4, 0.5) is 0 Å². The number of hydrogen-bond donors (Lipinski definition) is 1. The minimum atomic E-state index is 0.578. The number of nitrogens with zero attached hydrogens (tertiary/aromatic N) is 1. The number of aromatic nitrogens is 1. The molecule has 3 nitrogen and oxygen atoms in total. The third-order valence-corrected chi connectivity index (χ3v) is 4.67. The molecule has 23 heavy (non-hydrogen) atoms. The number of halogens is 1. The van der Waals surface area contributed by atoms with E-state index in [1.54, 1.807) is 0 Å². The predicted octanol–water partition coefficient (Wildman–Crippen LogP) is 4.74. The molecule has 0 spiro atoms. The van der Waals surface area contributed by atoms with E-state index >= 15 is 0 Å². The standard InChI is InChI=1S/C19H21ClN2O/c1-12-10-14(6-8-21)19(11-16(12)20)23-18-5-4-17-15(13(18)2)7-9-22(17)3/h4-5,7,9-11H,6,8,21H2,1-3H3. The van der Waals surface area contributed by atoms with Crippen molar-refractivity contribution >= 4 is 22.5 Å². The summed E-state index contributed by atoms with van der Waals surface area (Å²) in [5.41, 5.74) is 10.2. The van der Waals surface area contributed by atoms with Crippen molar-refractivity contribution in [3.8, 4) is 11.5 Å². The fourth-order valence-corrected chi connectivity index (χ4v) is 3.03. The number of nitrogens with two attached hydrogens (primary N) is 1. The molecular formula is C19H21ClN2O. The molecule has 0 aliphatic rings. The zero-order chi connectivity index (χ0) is 16.6. The maximum absolute atomic E-state index is 6.28. The van der Waals surface area contributed by atoms with E-state index in [-0.39, 0.29) is 0 Å². The molecule has 0 bridgehead atoms. The van der Waals surface area contributed by atoms with Gasteiger partial charge in [0, 0.05) is 34.7 Å². The van der Waals surface area contributed by atoms with Gasteiger partial charge in [0.2, 0.25) is 0 Å². The van der Waals surface area contributed by atoms with Crippen LogP contribution in [0.1, 0.15) is 16.7 Å². The van der Waals surface area contributed by atoms with Crippen molar-refractivity contribution in [1.29, 1.82) is 0 Å². The Morgan fingerprint density at radius 2 is 1.91 bits per heavy atom. The Kier molecular flexibility index (Phi) is 4.33. The van der Waals surface area contributed by atoms with E-state index in [2.05, 4.69) is 35.9 Å². The molecule has 3 rings (SSSR count). The van der Waals surface area contributed by atoms with Crippen LogP contribution >= 0.6 is 11.6 Å². The summed E-state index contributed by atoms with van der Waals surface area (Å²) in [7, 11) is 2.04. The van der Waals surface area contributed by atoms with E-state index in [4.69, 9.17) is 22.1 Å². The van der Waals surface area contributed by atoms with Crippen LogP contribution in [-0.4, -0.2) is 11.1 Å². The fourth-order valence-electron chi connectivity index (χ4n) is 2.88. The Morgan fingerprint density at radius 3 is 2.65 bits per heavy atom. The summed E-state index contributed by atoms with van der Waals surface area (Å²) in [6.07, 6.45) is 2.82. The minimum Gasteiger partial charge on any atom is -0.457 e. The lowest BCUT2D eigenvalue weighted by Gasteiger charge is -2.15. The van der Waals surface area contributed by atoms with Crippen molar-refractivity contribution in [3.63, 3.8) is 0 Å². The van der Waals surface area contributed by atoms with Gasteiger partial charge in [-0.15, -0.1) is 0 Å². The molecule has 0 saturated heterocycles. The molecule has 0 amide bonds. The van der Waals surface area contributed by atoms with Crippen molar-refractivity contribution < 1.29 is 4.74 Å². The Labute approximate surface area is 141 Å². The molecule has 3 aromatic rings. The van der Waals surface area contributed by atoms with Gasteiger partial charge in [0.15, 0.2) is 0 Å². The van der Waals surface area contributed by atoms with Crippen LogP contribution in [0.5, 0.6) is 11.5 Å². The lowest BCUT2D eigenvalue weighted by molar-refractivity contribution is 0.473. The highest BCUT2D eigenvalue weighted by Gasteiger charge is 2.12. The van der Waals surface area contributed by atoms with Crippen molar-refractivity contribution in [3.05, 3.63) is 58.2 Å². The molecule has 2 aromatic carbocycles. The lowest BCUT2D eigenvalue weighted by Crippen LogP contribution is -2.05. The summed E-state index contributed by atoms with van der Waals surface area (Å²) in [6.45, 7) is 4.65. The summed E-state index contributed by atoms with van der Waals surface area (Å²) in [6, 6.07) is 10.1. The molecule has 1 heterocycles. The van der Waals surface area contributed by atoms with Crippen LogP contribution < -0.4 is 10.5 Å². The van der Waals surface area contributed by atoms with Gasteiger partial charge in [0.1, 0.15) is 11.5 Å². The smallest absolute Gasteiger partial charge is 0.132 e. The SMILES string of the molecule is Cc1cc(CCN)c(Oc2ccc3c(ccn3C)c2C)cc1Cl. The van der Waals surface area contributed by atoms with Crippen molar-refractivity contribution in [2.45, 2.75) is 20.3 Å². The third-order valence-electron chi connectivity index (χ3n) is 4.26. The lowest BCUT2D eigenvalue weighted by atomic mass is 10.1. The maximum Gasteiger partial charge on any atom is 0.132 e.